The van der Waals surface area contributed by atoms with E-state index < -0.39 is 16.4 Å². The molecule has 26 heavy (non-hydrogen) atoms. The monoisotopic (exact) mass is 370 g/mol. The maximum atomic E-state index is 12.3. The summed E-state index contributed by atoms with van der Waals surface area (Å²) in [6.45, 7) is 0. The lowest BCUT2D eigenvalue weighted by Gasteiger charge is -2.06. The van der Waals surface area contributed by atoms with Crippen molar-refractivity contribution in [2.45, 2.75) is 0 Å². The number of nitrogens with one attached hydrogen (secondary N) is 2. The number of halogens is 1. The summed E-state index contributed by atoms with van der Waals surface area (Å²) in [5.74, 6) is -0.430. The van der Waals surface area contributed by atoms with Crippen LogP contribution in [0.25, 0.3) is 11.4 Å². The minimum absolute atomic E-state index is 0.173. The average Bonchev–Trinajstić information content (AvgIpc) is 2.62. The summed E-state index contributed by atoms with van der Waals surface area (Å²) < 4.78 is 0. The molecule has 2 aromatic carbocycles. The number of carbonyl (C=O) groups excluding carboxylic acids is 1. The lowest BCUT2D eigenvalue weighted by atomic mass is 10.2. The molecular formula is C17H11ClN4O4. The van der Waals surface area contributed by atoms with E-state index in [9.17, 15) is 19.7 Å². The van der Waals surface area contributed by atoms with Crippen molar-refractivity contribution in [3.05, 3.63) is 85.8 Å². The number of H-pyrrole nitrogens is 1. The number of hydrogen-bond acceptors (Lipinski definition) is 5. The van der Waals surface area contributed by atoms with Crippen molar-refractivity contribution in [1.82, 2.24) is 9.97 Å². The molecule has 8 nitrogen and oxygen atoms in total. The van der Waals surface area contributed by atoms with Crippen molar-refractivity contribution in [1.29, 1.82) is 0 Å². The van der Waals surface area contributed by atoms with E-state index in [-0.39, 0.29) is 16.9 Å². The molecule has 0 fully saturated rings. The molecule has 0 aliphatic carbocycles. The maximum Gasteiger partial charge on any atom is 0.271 e. The fourth-order valence-corrected chi connectivity index (χ4v) is 2.33. The van der Waals surface area contributed by atoms with Crippen molar-refractivity contribution < 1.29 is 9.72 Å². The Morgan fingerprint density at radius 2 is 1.92 bits per heavy atom. The number of nitro benzene ring substituents is 1. The zero-order valence-corrected chi connectivity index (χ0v) is 13.9. The lowest BCUT2D eigenvalue weighted by molar-refractivity contribution is -0.384. The van der Waals surface area contributed by atoms with Crippen molar-refractivity contribution in [2.24, 2.45) is 0 Å². The Hall–Kier alpha value is -3.52. The second-order valence-electron chi connectivity index (χ2n) is 5.24. The number of carbonyl (C=O) groups is 1. The number of non-ortho nitro benzene ring substituents is 1. The van der Waals surface area contributed by atoms with Gasteiger partial charge in [0.25, 0.3) is 17.2 Å². The average molecular weight is 371 g/mol. The molecule has 130 valence electrons. The summed E-state index contributed by atoms with van der Waals surface area (Å²) in [4.78, 5) is 41.3. The van der Waals surface area contributed by atoms with E-state index in [1.165, 1.54) is 24.3 Å². The number of anilines is 1. The van der Waals surface area contributed by atoms with Crippen LogP contribution in [0, 0.1) is 10.1 Å². The van der Waals surface area contributed by atoms with Crippen LogP contribution in [0.5, 0.6) is 0 Å². The van der Waals surface area contributed by atoms with Gasteiger partial charge < -0.3 is 10.3 Å². The van der Waals surface area contributed by atoms with Crippen LogP contribution in [0.2, 0.25) is 5.02 Å². The first-order chi connectivity index (χ1) is 12.4. The van der Waals surface area contributed by atoms with E-state index >= 15 is 0 Å². The molecule has 0 aliphatic rings. The van der Waals surface area contributed by atoms with Crippen LogP contribution in [0.4, 0.5) is 11.4 Å². The third kappa shape index (κ3) is 3.76. The SMILES string of the molecule is O=C(Nc1cccc([N+](=O)[O-])c1)c1cnc(-c2ccc(Cl)cc2)[nH]c1=O. The lowest BCUT2D eigenvalue weighted by Crippen LogP contribution is -2.24. The summed E-state index contributed by atoms with van der Waals surface area (Å²) in [6.07, 6.45) is 1.15. The number of aromatic amines is 1. The van der Waals surface area contributed by atoms with Gasteiger partial charge in [0.2, 0.25) is 0 Å². The molecule has 3 rings (SSSR count). The van der Waals surface area contributed by atoms with E-state index in [1.807, 2.05) is 0 Å². The second-order valence-corrected chi connectivity index (χ2v) is 5.68. The highest BCUT2D eigenvalue weighted by atomic mass is 35.5. The van der Waals surface area contributed by atoms with E-state index in [4.69, 9.17) is 11.6 Å². The van der Waals surface area contributed by atoms with Crippen molar-refractivity contribution in [3.8, 4) is 11.4 Å². The topological polar surface area (TPSA) is 118 Å². The Bertz CT molecular complexity index is 1050. The molecule has 9 heteroatoms. The number of hydrogen-bond donors (Lipinski definition) is 2. The first-order valence-electron chi connectivity index (χ1n) is 7.35. The van der Waals surface area contributed by atoms with Gasteiger partial charge in [0.05, 0.1) is 4.92 Å². The minimum Gasteiger partial charge on any atom is -0.322 e. The third-order valence-electron chi connectivity index (χ3n) is 3.48. The smallest absolute Gasteiger partial charge is 0.271 e. The highest BCUT2D eigenvalue weighted by Crippen LogP contribution is 2.18. The third-order valence-corrected chi connectivity index (χ3v) is 3.73. The summed E-state index contributed by atoms with van der Waals surface area (Å²) in [5.41, 5.74) is -0.183. The van der Waals surface area contributed by atoms with Gasteiger partial charge in [-0.05, 0) is 30.3 Å². The van der Waals surface area contributed by atoms with Crippen LogP contribution in [0.15, 0.2) is 59.5 Å². The van der Waals surface area contributed by atoms with Crippen LogP contribution in [0.1, 0.15) is 10.4 Å². The summed E-state index contributed by atoms with van der Waals surface area (Å²) in [7, 11) is 0. The Labute approximate surface area is 151 Å². The predicted molar refractivity (Wildman–Crippen MR) is 96.4 cm³/mol. The van der Waals surface area contributed by atoms with Gasteiger partial charge in [0, 0.05) is 34.6 Å². The van der Waals surface area contributed by atoms with Crippen molar-refractivity contribution >= 4 is 28.9 Å². The normalized spacial score (nSPS) is 10.3. The van der Waals surface area contributed by atoms with Crippen LogP contribution in [-0.2, 0) is 0 Å². The highest BCUT2D eigenvalue weighted by Gasteiger charge is 2.14. The highest BCUT2D eigenvalue weighted by molar-refractivity contribution is 6.30. The molecule has 0 radical (unpaired) electrons. The summed E-state index contributed by atoms with van der Waals surface area (Å²) in [5, 5.41) is 13.8. The number of benzene rings is 2. The van der Waals surface area contributed by atoms with Gasteiger partial charge in [-0.1, -0.05) is 17.7 Å². The van der Waals surface area contributed by atoms with E-state index in [0.29, 0.717) is 16.4 Å². The molecule has 0 spiro atoms. The number of aromatic nitrogens is 2. The molecule has 1 amide bonds. The fraction of sp³-hybridized carbons (Fsp3) is 0. The van der Waals surface area contributed by atoms with Crippen LogP contribution in [0.3, 0.4) is 0 Å². The Morgan fingerprint density at radius 1 is 1.19 bits per heavy atom. The predicted octanol–water partition coefficient (Wildman–Crippen LogP) is 3.25. The maximum absolute atomic E-state index is 12.3. The van der Waals surface area contributed by atoms with Gasteiger partial charge in [-0.2, -0.15) is 0 Å². The first-order valence-corrected chi connectivity index (χ1v) is 7.73. The quantitative estimate of drug-likeness (QED) is 0.539. The van der Waals surface area contributed by atoms with Crippen molar-refractivity contribution in [3.63, 3.8) is 0 Å². The molecule has 3 aromatic rings. The number of nitro groups is 1. The molecule has 2 N–H and O–H groups in total. The molecule has 0 atom stereocenters. The van der Waals surface area contributed by atoms with E-state index in [0.717, 1.165) is 6.20 Å². The standard InChI is InChI=1S/C17H11ClN4O4/c18-11-6-4-10(5-7-11)15-19-9-14(17(24)21-15)16(23)20-12-2-1-3-13(8-12)22(25)26/h1-9H,(H,20,23)(H,19,21,24). The van der Waals surface area contributed by atoms with Gasteiger partial charge in [0.1, 0.15) is 11.4 Å². The molecule has 0 saturated carbocycles. The van der Waals surface area contributed by atoms with Gasteiger partial charge >= 0.3 is 0 Å². The Morgan fingerprint density at radius 3 is 2.58 bits per heavy atom. The zero-order chi connectivity index (χ0) is 18.7. The molecular weight excluding hydrogens is 360 g/mol. The molecule has 0 unspecified atom stereocenters. The number of amides is 1. The number of rotatable bonds is 4. The number of nitrogens with zero attached hydrogens (tertiary/aromatic N) is 2. The van der Waals surface area contributed by atoms with Gasteiger partial charge in [0.15, 0.2) is 0 Å². The fourth-order valence-electron chi connectivity index (χ4n) is 2.21. The van der Waals surface area contributed by atoms with Crippen LogP contribution >= 0.6 is 11.6 Å². The zero-order valence-electron chi connectivity index (χ0n) is 13.1. The first kappa shape index (κ1) is 17.3. The van der Waals surface area contributed by atoms with Gasteiger partial charge in [-0.15, -0.1) is 0 Å². The van der Waals surface area contributed by atoms with Crippen LogP contribution in [-0.4, -0.2) is 20.8 Å². The van der Waals surface area contributed by atoms with E-state index in [2.05, 4.69) is 15.3 Å². The Kier molecular flexibility index (Phi) is 4.76. The second kappa shape index (κ2) is 7.16. The van der Waals surface area contributed by atoms with Gasteiger partial charge in [-0.25, -0.2) is 4.98 Å². The largest absolute Gasteiger partial charge is 0.322 e. The summed E-state index contributed by atoms with van der Waals surface area (Å²) in [6, 6.07) is 12.1. The van der Waals surface area contributed by atoms with Crippen LogP contribution < -0.4 is 10.9 Å². The summed E-state index contributed by atoms with van der Waals surface area (Å²) >= 11 is 5.82. The van der Waals surface area contributed by atoms with Crippen molar-refractivity contribution in [2.75, 3.05) is 5.32 Å². The molecule has 1 aromatic heterocycles. The minimum atomic E-state index is -0.720. The molecule has 1 heterocycles. The van der Waals surface area contributed by atoms with Gasteiger partial charge in [-0.3, -0.25) is 19.7 Å². The molecule has 0 saturated heterocycles. The Balaban J connectivity index is 1.84. The van der Waals surface area contributed by atoms with E-state index in [1.54, 1.807) is 24.3 Å². The molecule has 0 bridgehead atoms. The molecule has 0 aliphatic heterocycles.